The first-order chi connectivity index (χ1) is 10.6. The van der Waals surface area contributed by atoms with E-state index in [0.29, 0.717) is 13.0 Å². The molecule has 0 saturated heterocycles. The van der Waals surface area contributed by atoms with Crippen molar-refractivity contribution in [1.82, 2.24) is 0 Å². The molecule has 0 amide bonds. The number of rotatable bonds is 4. The Bertz CT molecular complexity index is 744. The second kappa shape index (κ2) is 6.34. The summed E-state index contributed by atoms with van der Waals surface area (Å²) in [4.78, 5) is 1.05. The van der Waals surface area contributed by atoms with E-state index in [1.54, 1.807) is 16.1 Å². The predicted octanol–water partition coefficient (Wildman–Crippen LogP) is 3.56. The maximum Gasteiger partial charge on any atom is 0.235 e. The Hall–Kier alpha value is -1.46. The largest absolute Gasteiger partial charge is 0.268 e. The third-order valence-electron chi connectivity index (χ3n) is 3.71. The van der Waals surface area contributed by atoms with Gasteiger partial charge in [-0.3, -0.25) is 4.31 Å². The van der Waals surface area contributed by atoms with Gasteiger partial charge in [0.25, 0.3) is 0 Å². The van der Waals surface area contributed by atoms with Crippen LogP contribution in [0.1, 0.15) is 12.5 Å². The van der Waals surface area contributed by atoms with Crippen molar-refractivity contribution in [3.05, 3.63) is 60.2 Å². The zero-order chi connectivity index (χ0) is 15.6. The van der Waals surface area contributed by atoms with Crippen LogP contribution in [0.25, 0.3) is 0 Å². The molecular weight excluding hydrogens is 314 g/mol. The monoisotopic (exact) mass is 333 g/mol. The predicted molar refractivity (Wildman–Crippen MR) is 93.0 cm³/mol. The average molecular weight is 333 g/mol. The molecule has 2 aromatic carbocycles. The van der Waals surface area contributed by atoms with Gasteiger partial charge in [0.15, 0.2) is 0 Å². The molecule has 1 unspecified atom stereocenters. The summed E-state index contributed by atoms with van der Waals surface area (Å²) in [5.41, 5.74) is 1.87. The first-order valence-electron chi connectivity index (χ1n) is 7.36. The van der Waals surface area contributed by atoms with E-state index in [0.717, 1.165) is 16.1 Å². The van der Waals surface area contributed by atoms with E-state index in [9.17, 15) is 8.42 Å². The van der Waals surface area contributed by atoms with Crippen LogP contribution < -0.4 is 4.31 Å². The van der Waals surface area contributed by atoms with Gasteiger partial charge in [0.05, 0.1) is 11.4 Å². The molecule has 116 valence electrons. The maximum absolute atomic E-state index is 12.8. The van der Waals surface area contributed by atoms with Crippen LogP contribution in [0.2, 0.25) is 0 Å². The van der Waals surface area contributed by atoms with E-state index in [2.05, 4.69) is 6.92 Å². The quantitative estimate of drug-likeness (QED) is 0.858. The number of anilines is 1. The van der Waals surface area contributed by atoms with Crippen molar-refractivity contribution >= 4 is 27.5 Å². The summed E-state index contributed by atoms with van der Waals surface area (Å²) in [6.45, 7) is 2.61. The minimum absolute atomic E-state index is 0.142. The van der Waals surface area contributed by atoms with E-state index >= 15 is 0 Å². The summed E-state index contributed by atoms with van der Waals surface area (Å²) in [5, 5.41) is 0.265. The molecule has 3 rings (SSSR count). The fourth-order valence-corrected chi connectivity index (χ4v) is 5.50. The van der Waals surface area contributed by atoms with Gasteiger partial charge in [-0.2, -0.15) is 0 Å². The molecule has 0 saturated carbocycles. The zero-order valence-electron chi connectivity index (χ0n) is 12.5. The molecule has 0 aliphatic carbocycles. The van der Waals surface area contributed by atoms with Crippen LogP contribution in [0, 0.1) is 0 Å². The number of thioether (sulfide) groups is 1. The molecule has 0 fully saturated rings. The van der Waals surface area contributed by atoms with E-state index in [4.69, 9.17) is 0 Å². The Morgan fingerprint density at radius 1 is 1.09 bits per heavy atom. The van der Waals surface area contributed by atoms with E-state index in [1.807, 2.05) is 54.6 Å². The lowest BCUT2D eigenvalue weighted by atomic mass is 10.2. The smallest absolute Gasteiger partial charge is 0.235 e. The van der Waals surface area contributed by atoms with Gasteiger partial charge in [0.1, 0.15) is 0 Å². The van der Waals surface area contributed by atoms with E-state index in [-0.39, 0.29) is 11.0 Å². The summed E-state index contributed by atoms with van der Waals surface area (Å²) >= 11 is 1.74. The summed E-state index contributed by atoms with van der Waals surface area (Å²) in [6, 6.07) is 17.5. The highest BCUT2D eigenvalue weighted by atomic mass is 32.2. The molecule has 1 aliphatic heterocycles. The highest BCUT2D eigenvalue weighted by Crippen LogP contribution is 2.39. The van der Waals surface area contributed by atoms with Crippen LogP contribution >= 0.6 is 11.8 Å². The Morgan fingerprint density at radius 2 is 1.77 bits per heavy atom. The standard InChI is InChI=1S/C17H19NO2S2/c1-14-13-18(16-9-5-6-10-17(16)21-14)22(19,20)12-11-15-7-3-2-4-8-15/h2-10,14H,11-13H2,1H3. The number of nitrogens with zero attached hydrogens (tertiary/aromatic N) is 1. The van der Waals surface area contributed by atoms with Gasteiger partial charge >= 0.3 is 0 Å². The second-order valence-electron chi connectivity index (χ2n) is 5.48. The number of hydrogen-bond donors (Lipinski definition) is 0. The van der Waals surface area contributed by atoms with Gasteiger partial charge in [0, 0.05) is 16.7 Å². The van der Waals surface area contributed by atoms with Crippen molar-refractivity contribution < 1.29 is 8.42 Å². The highest BCUT2D eigenvalue weighted by molar-refractivity contribution is 8.00. The Kier molecular flexibility index (Phi) is 4.45. The van der Waals surface area contributed by atoms with Gasteiger partial charge in [-0.1, -0.05) is 49.4 Å². The van der Waals surface area contributed by atoms with Gasteiger partial charge in [-0.25, -0.2) is 8.42 Å². The van der Waals surface area contributed by atoms with Crippen molar-refractivity contribution in [2.75, 3.05) is 16.6 Å². The molecule has 1 heterocycles. The molecule has 0 spiro atoms. The fraction of sp³-hybridized carbons (Fsp3) is 0.294. The summed E-state index contributed by atoms with van der Waals surface area (Å²) in [7, 11) is -3.31. The molecule has 1 atom stereocenters. The number of benzene rings is 2. The molecular formula is C17H19NO2S2. The molecule has 5 heteroatoms. The zero-order valence-corrected chi connectivity index (χ0v) is 14.1. The Balaban J connectivity index is 1.83. The van der Waals surface area contributed by atoms with Gasteiger partial charge in [-0.05, 0) is 24.1 Å². The summed E-state index contributed by atoms with van der Waals surface area (Å²) in [6.07, 6.45) is 0.545. The third-order valence-corrected chi connectivity index (χ3v) is 6.60. The first-order valence-corrected chi connectivity index (χ1v) is 9.85. The number of sulfonamides is 1. The highest BCUT2D eigenvalue weighted by Gasteiger charge is 2.30. The number of para-hydroxylation sites is 1. The third kappa shape index (κ3) is 3.31. The van der Waals surface area contributed by atoms with Crippen molar-refractivity contribution in [3.8, 4) is 0 Å². The van der Waals surface area contributed by atoms with Crippen molar-refractivity contribution in [3.63, 3.8) is 0 Å². The molecule has 0 radical (unpaired) electrons. The first kappa shape index (κ1) is 15.4. The van der Waals surface area contributed by atoms with Crippen molar-refractivity contribution in [2.45, 2.75) is 23.5 Å². The SMILES string of the molecule is CC1CN(S(=O)(=O)CCc2ccccc2)c2ccccc2S1. The van der Waals surface area contributed by atoms with E-state index in [1.165, 1.54) is 0 Å². The molecule has 2 aromatic rings. The minimum Gasteiger partial charge on any atom is -0.268 e. The molecule has 0 aromatic heterocycles. The molecule has 22 heavy (non-hydrogen) atoms. The number of aryl methyl sites for hydroxylation is 1. The lowest BCUT2D eigenvalue weighted by Gasteiger charge is -2.33. The van der Waals surface area contributed by atoms with Crippen LogP contribution in [0.5, 0.6) is 0 Å². The Labute approximate surface area is 136 Å². The number of hydrogen-bond acceptors (Lipinski definition) is 3. The summed E-state index contributed by atoms with van der Waals surface area (Å²) in [5.74, 6) is 0.142. The van der Waals surface area contributed by atoms with Crippen molar-refractivity contribution in [2.24, 2.45) is 0 Å². The molecule has 3 nitrogen and oxygen atoms in total. The molecule has 1 aliphatic rings. The summed E-state index contributed by atoms with van der Waals surface area (Å²) < 4.78 is 27.2. The van der Waals surface area contributed by atoms with Gasteiger partial charge in [0.2, 0.25) is 10.0 Å². The molecule has 0 N–H and O–H groups in total. The van der Waals surface area contributed by atoms with Crippen molar-refractivity contribution in [1.29, 1.82) is 0 Å². The lowest BCUT2D eigenvalue weighted by Crippen LogP contribution is -2.40. The van der Waals surface area contributed by atoms with Gasteiger partial charge < -0.3 is 0 Å². The fourth-order valence-electron chi connectivity index (χ4n) is 2.61. The lowest BCUT2D eigenvalue weighted by molar-refractivity contribution is 0.588. The van der Waals surface area contributed by atoms with Gasteiger partial charge in [-0.15, -0.1) is 11.8 Å². The number of fused-ring (bicyclic) bond motifs is 1. The van der Waals surface area contributed by atoms with Crippen LogP contribution in [-0.2, 0) is 16.4 Å². The average Bonchev–Trinajstić information content (AvgIpc) is 2.53. The van der Waals surface area contributed by atoms with Crippen LogP contribution in [0.3, 0.4) is 0 Å². The van der Waals surface area contributed by atoms with Crippen LogP contribution in [0.15, 0.2) is 59.5 Å². The second-order valence-corrected chi connectivity index (χ2v) is 8.97. The minimum atomic E-state index is -3.31. The van der Waals surface area contributed by atoms with Crippen LogP contribution in [-0.4, -0.2) is 26.0 Å². The van der Waals surface area contributed by atoms with Crippen LogP contribution in [0.4, 0.5) is 5.69 Å². The maximum atomic E-state index is 12.8. The normalized spacial score (nSPS) is 18.0. The topological polar surface area (TPSA) is 37.4 Å². The van der Waals surface area contributed by atoms with E-state index < -0.39 is 10.0 Å². The molecule has 0 bridgehead atoms. The Morgan fingerprint density at radius 3 is 2.55 bits per heavy atom.